The molecular formula is C28H24F2N2OS. The SMILES string of the molecule is O=C1/C(=C/c2ccc(F)cc2)CN(C(=S)NCCc2ccccc2)C/C1=C\c1ccc(F)cc1. The molecule has 0 radical (unpaired) electrons. The Bertz CT molecular complexity index is 1150. The summed E-state index contributed by atoms with van der Waals surface area (Å²) >= 11 is 5.65. The second-order valence-corrected chi connectivity index (χ2v) is 8.48. The number of hydrogen-bond acceptors (Lipinski definition) is 2. The van der Waals surface area contributed by atoms with Crippen molar-refractivity contribution in [2.24, 2.45) is 0 Å². The van der Waals surface area contributed by atoms with Gasteiger partial charge in [0.1, 0.15) is 11.6 Å². The number of carbonyl (C=O) groups is 1. The number of ketones is 1. The fraction of sp³-hybridized carbons (Fsp3) is 0.143. The zero-order chi connectivity index (χ0) is 23.9. The van der Waals surface area contributed by atoms with Crippen molar-refractivity contribution in [3.05, 3.63) is 118 Å². The molecule has 6 heteroatoms. The topological polar surface area (TPSA) is 32.3 Å². The molecule has 0 aliphatic carbocycles. The van der Waals surface area contributed by atoms with Crippen molar-refractivity contribution in [2.75, 3.05) is 19.6 Å². The van der Waals surface area contributed by atoms with Gasteiger partial charge in [-0.1, -0.05) is 54.6 Å². The monoisotopic (exact) mass is 474 g/mol. The predicted octanol–water partition coefficient (Wildman–Crippen LogP) is 5.43. The van der Waals surface area contributed by atoms with Crippen LogP contribution in [0, 0.1) is 11.6 Å². The second kappa shape index (κ2) is 11.0. The van der Waals surface area contributed by atoms with E-state index >= 15 is 0 Å². The molecular weight excluding hydrogens is 450 g/mol. The average molecular weight is 475 g/mol. The first-order chi connectivity index (χ1) is 16.5. The number of piperidine rings is 1. The van der Waals surface area contributed by atoms with Crippen molar-refractivity contribution in [1.82, 2.24) is 10.2 Å². The van der Waals surface area contributed by atoms with Crippen LogP contribution in [0.15, 0.2) is 90.0 Å². The van der Waals surface area contributed by atoms with Crippen LogP contribution < -0.4 is 5.32 Å². The van der Waals surface area contributed by atoms with Crippen molar-refractivity contribution in [3.63, 3.8) is 0 Å². The lowest BCUT2D eigenvalue weighted by Crippen LogP contribution is -2.46. The highest BCUT2D eigenvalue weighted by molar-refractivity contribution is 7.80. The molecule has 0 bridgehead atoms. The Hall–Kier alpha value is -3.64. The highest BCUT2D eigenvalue weighted by Crippen LogP contribution is 2.22. The van der Waals surface area contributed by atoms with Gasteiger partial charge in [-0.05, 0) is 71.7 Å². The van der Waals surface area contributed by atoms with Gasteiger partial charge in [0.25, 0.3) is 0 Å². The van der Waals surface area contributed by atoms with Crippen LogP contribution >= 0.6 is 12.2 Å². The van der Waals surface area contributed by atoms with Crippen LogP contribution in [0.3, 0.4) is 0 Å². The van der Waals surface area contributed by atoms with Crippen molar-refractivity contribution < 1.29 is 13.6 Å². The number of carbonyl (C=O) groups excluding carboxylic acids is 1. The van der Waals surface area contributed by atoms with E-state index in [1.54, 1.807) is 36.4 Å². The highest BCUT2D eigenvalue weighted by Gasteiger charge is 2.27. The van der Waals surface area contributed by atoms with Crippen molar-refractivity contribution >= 4 is 35.3 Å². The predicted molar refractivity (Wildman–Crippen MR) is 136 cm³/mol. The van der Waals surface area contributed by atoms with Crippen LogP contribution in [-0.2, 0) is 11.2 Å². The minimum atomic E-state index is -0.334. The molecule has 3 aromatic carbocycles. The molecule has 3 aromatic rings. The molecule has 1 saturated heterocycles. The molecule has 4 rings (SSSR count). The zero-order valence-corrected chi connectivity index (χ0v) is 19.3. The van der Waals surface area contributed by atoms with Gasteiger partial charge in [-0.3, -0.25) is 4.79 Å². The average Bonchev–Trinajstić information content (AvgIpc) is 2.85. The van der Waals surface area contributed by atoms with Gasteiger partial charge in [0.15, 0.2) is 10.9 Å². The molecule has 1 fully saturated rings. The molecule has 0 amide bonds. The Morgan fingerprint density at radius 1 is 0.824 bits per heavy atom. The van der Waals surface area contributed by atoms with E-state index in [0.29, 0.717) is 35.9 Å². The van der Waals surface area contributed by atoms with Gasteiger partial charge >= 0.3 is 0 Å². The Morgan fingerprint density at radius 2 is 1.32 bits per heavy atom. The summed E-state index contributed by atoms with van der Waals surface area (Å²) in [5.41, 5.74) is 3.78. The van der Waals surface area contributed by atoms with Gasteiger partial charge < -0.3 is 10.2 Å². The van der Waals surface area contributed by atoms with E-state index in [1.807, 2.05) is 23.1 Å². The molecule has 0 saturated carbocycles. The first-order valence-corrected chi connectivity index (χ1v) is 11.4. The van der Waals surface area contributed by atoms with Gasteiger partial charge in [0.05, 0.1) is 0 Å². The van der Waals surface area contributed by atoms with Crippen LogP contribution in [0.5, 0.6) is 0 Å². The van der Waals surface area contributed by atoms with Crippen LogP contribution in [-0.4, -0.2) is 35.4 Å². The third kappa shape index (κ3) is 6.23. The van der Waals surface area contributed by atoms with Gasteiger partial charge in [-0.15, -0.1) is 0 Å². The Kier molecular flexibility index (Phi) is 7.60. The van der Waals surface area contributed by atoms with Crippen molar-refractivity contribution in [2.45, 2.75) is 6.42 Å². The number of hydrogen-bond donors (Lipinski definition) is 1. The fourth-order valence-corrected chi connectivity index (χ4v) is 4.00. The number of Topliss-reactive ketones (excluding diaryl/α,β-unsaturated/α-hetero) is 1. The summed E-state index contributed by atoms with van der Waals surface area (Å²) in [7, 11) is 0. The summed E-state index contributed by atoms with van der Waals surface area (Å²) < 4.78 is 26.7. The lowest BCUT2D eigenvalue weighted by molar-refractivity contribution is -0.113. The van der Waals surface area contributed by atoms with Crippen LogP contribution in [0.4, 0.5) is 8.78 Å². The van der Waals surface area contributed by atoms with E-state index in [4.69, 9.17) is 12.2 Å². The molecule has 1 heterocycles. The normalized spacial score (nSPS) is 16.2. The Labute approximate surface area is 203 Å². The van der Waals surface area contributed by atoms with Gasteiger partial charge in [0, 0.05) is 30.8 Å². The minimum Gasteiger partial charge on any atom is -0.362 e. The maximum absolute atomic E-state index is 13.3. The number of thiocarbonyl (C=S) groups is 1. The quantitative estimate of drug-likeness (QED) is 0.395. The van der Waals surface area contributed by atoms with E-state index in [1.165, 1.54) is 29.8 Å². The molecule has 1 N–H and O–H groups in total. The molecule has 172 valence electrons. The Balaban J connectivity index is 1.55. The first kappa shape index (κ1) is 23.5. The van der Waals surface area contributed by atoms with Crippen molar-refractivity contribution in [1.29, 1.82) is 0 Å². The maximum atomic E-state index is 13.3. The summed E-state index contributed by atoms with van der Waals surface area (Å²) in [6.45, 7) is 1.35. The van der Waals surface area contributed by atoms with Gasteiger partial charge in [-0.25, -0.2) is 8.78 Å². The third-order valence-electron chi connectivity index (χ3n) is 5.55. The summed E-state index contributed by atoms with van der Waals surface area (Å²) in [6, 6.07) is 22.1. The summed E-state index contributed by atoms with van der Waals surface area (Å²) in [4.78, 5) is 15.2. The molecule has 0 spiro atoms. The summed E-state index contributed by atoms with van der Waals surface area (Å²) in [5, 5.41) is 3.85. The molecule has 1 aliphatic heterocycles. The van der Waals surface area contributed by atoms with Gasteiger partial charge in [0.2, 0.25) is 0 Å². The standard InChI is InChI=1S/C28H24F2N2OS/c29-25-10-6-21(7-11-25)16-23-18-32(28(34)31-15-14-20-4-2-1-3-5-20)19-24(27(23)33)17-22-8-12-26(30)13-9-22/h1-13,16-17H,14-15,18-19H2,(H,31,34)/b23-16+,24-17+. The largest absolute Gasteiger partial charge is 0.362 e. The van der Waals surface area contributed by atoms with E-state index in [9.17, 15) is 13.6 Å². The van der Waals surface area contributed by atoms with E-state index in [2.05, 4.69) is 17.4 Å². The van der Waals surface area contributed by atoms with Crippen LogP contribution in [0.2, 0.25) is 0 Å². The lowest BCUT2D eigenvalue weighted by atomic mass is 9.94. The summed E-state index contributed by atoms with van der Waals surface area (Å²) in [6.07, 6.45) is 4.35. The number of halogens is 2. The molecule has 0 atom stereocenters. The van der Waals surface area contributed by atoms with Crippen LogP contribution in [0.1, 0.15) is 16.7 Å². The molecule has 1 aliphatic rings. The summed E-state index contributed by atoms with van der Waals surface area (Å²) in [5.74, 6) is -0.768. The van der Waals surface area contributed by atoms with Crippen LogP contribution in [0.25, 0.3) is 12.2 Å². The molecule has 0 aromatic heterocycles. The molecule has 34 heavy (non-hydrogen) atoms. The lowest BCUT2D eigenvalue weighted by Gasteiger charge is -2.32. The minimum absolute atomic E-state index is 0.100. The zero-order valence-electron chi connectivity index (χ0n) is 18.5. The van der Waals surface area contributed by atoms with Crippen molar-refractivity contribution in [3.8, 4) is 0 Å². The smallest absolute Gasteiger partial charge is 0.188 e. The molecule has 3 nitrogen and oxygen atoms in total. The van der Waals surface area contributed by atoms with E-state index < -0.39 is 0 Å². The van der Waals surface area contributed by atoms with E-state index in [0.717, 1.165) is 17.5 Å². The second-order valence-electron chi connectivity index (χ2n) is 8.09. The third-order valence-corrected chi connectivity index (χ3v) is 5.95. The number of benzene rings is 3. The number of rotatable bonds is 5. The number of nitrogens with one attached hydrogen (secondary N) is 1. The maximum Gasteiger partial charge on any atom is 0.188 e. The fourth-order valence-electron chi connectivity index (χ4n) is 3.77. The number of nitrogens with zero attached hydrogens (tertiary/aromatic N) is 1. The van der Waals surface area contributed by atoms with E-state index in [-0.39, 0.29) is 17.4 Å². The highest BCUT2D eigenvalue weighted by atomic mass is 32.1. The first-order valence-electron chi connectivity index (χ1n) is 11.0. The van der Waals surface area contributed by atoms with Gasteiger partial charge in [-0.2, -0.15) is 0 Å². The molecule has 0 unspecified atom stereocenters. The number of likely N-dealkylation sites (tertiary alicyclic amines) is 1. The Morgan fingerprint density at radius 3 is 1.82 bits per heavy atom.